The number of carboxylic acid groups (broad SMARTS) is 2. The molecule has 3 aromatic carbocycles. The van der Waals surface area contributed by atoms with Crippen molar-refractivity contribution in [2.45, 2.75) is 19.3 Å². The number of carboxylic acids is 2. The molecule has 0 amide bonds. The minimum Gasteiger partial charge on any atom is -0.478 e. The Kier molecular flexibility index (Phi) is 6.90. The summed E-state index contributed by atoms with van der Waals surface area (Å²) in [5.74, 6) is -2.26. The zero-order valence-corrected chi connectivity index (χ0v) is 25.0. The van der Waals surface area contributed by atoms with E-state index in [0.29, 0.717) is 11.4 Å². The van der Waals surface area contributed by atoms with Crippen LogP contribution in [0.3, 0.4) is 0 Å². The summed E-state index contributed by atoms with van der Waals surface area (Å²) in [6.45, 7) is 4.48. The predicted octanol–water partition coefficient (Wildman–Crippen LogP) is 8.38. The number of aromatic carboxylic acids is 2. The molecule has 1 aliphatic rings. The molecule has 8 nitrogen and oxygen atoms in total. The number of fused-ring (bicyclic) bond motifs is 2. The number of para-hydroxylation sites is 2. The van der Waals surface area contributed by atoms with Gasteiger partial charge in [0.05, 0.1) is 45.3 Å². The zero-order valence-electron chi connectivity index (χ0n) is 25.0. The van der Waals surface area contributed by atoms with Crippen LogP contribution in [0.1, 0.15) is 45.7 Å². The monoisotopic (exact) mass is 604 g/mol. The third-order valence-corrected chi connectivity index (χ3v) is 8.44. The summed E-state index contributed by atoms with van der Waals surface area (Å²) in [5, 5.41) is 19.3. The summed E-state index contributed by atoms with van der Waals surface area (Å²) in [6, 6.07) is 34.7. The molecule has 7 rings (SSSR count). The first kappa shape index (κ1) is 28.6. The Morgan fingerprint density at radius 3 is 1.89 bits per heavy atom. The Labute approximate surface area is 265 Å². The highest BCUT2D eigenvalue weighted by Crippen LogP contribution is 2.52. The zero-order chi connectivity index (χ0) is 32.0. The van der Waals surface area contributed by atoms with Crippen LogP contribution in [0.5, 0.6) is 0 Å². The molecule has 0 aliphatic carbocycles. The number of pyridine rings is 3. The van der Waals surface area contributed by atoms with E-state index < -0.39 is 11.9 Å². The van der Waals surface area contributed by atoms with Crippen LogP contribution in [0.2, 0.25) is 0 Å². The Balaban J connectivity index is 1.34. The van der Waals surface area contributed by atoms with Gasteiger partial charge in [-0.05, 0) is 89.0 Å². The number of aromatic nitrogens is 3. The van der Waals surface area contributed by atoms with Gasteiger partial charge in [0.25, 0.3) is 0 Å². The number of anilines is 3. The standard InChI is InChI=1S/C38H28N4O4/c1-38(2)28-10-6-7-11-34(28)42(27-8-4-3-5-9-27)35-13-12-23(18-29(35)38)24-14-16-39-30(19-24)32-21-26(37(45)46)22-33(41-32)31-20-25(36(43)44)15-17-40-31/h3-22H,1-2H3,(H,43,44)(H,45,46). The van der Waals surface area contributed by atoms with E-state index in [1.165, 1.54) is 41.6 Å². The molecule has 224 valence electrons. The highest BCUT2D eigenvalue weighted by Gasteiger charge is 2.37. The van der Waals surface area contributed by atoms with E-state index in [1.807, 2.05) is 30.3 Å². The quantitative estimate of drug-likeness (QED) is 0.195. The summed E-state index contributed by atoms with van der Waals surface area (Å²) in [5.41, 5.74) is 8.62. The van der Waals surface area contributed by atoms with Gasteiger partial charge in [-0.3, -0.25) is 9.97 Å². The average Bonchev–Trinajstić information content (AvgIpc) is 3.08. The number of nitrogens with zero attached hydrogens (tertiary/aromatic N) is 4. The number of benzene rings is 3. The van der Waals surface area contributed by atoms with E-state index in [9.17, 15) is 19.8 Å². The van der Waals surface area contributed by atoms with Gasteiger partial charge in [0.1, 0.15) is 0 Å². The maximum Gasteiger partial charge on any atom is 0.335 e. The molecular weight excluding hydrogens is 576 g/mol. The van der Waals surface area contributed by atoms with Crippen LogP contribution in [-0.4, -0.2) is 37.1 Å². The molecule has 0 unspecified atom stereocenters. The van der Waals surface area contributed by atoms with Crippen molar-refractivity contribution in [2.24, 2.45) is 0 Å². The fraction of sp³-hybridized carbons (Fsp3) is 0.0789. The fourth-order valence-corrected chi connectivity index (χ4v) is 6.11. The van der Waals surface area contributed by atoms with Crippen LogP contribution >= 0.6 is 0 Å². The first-order valence-electron chi connectivity index (χ1n) is 14.7. The minimum atomic E-state index is -1.14. The molecule has 0 saturated heterocycles. The summed E-state index contributed by atoms with van der Waals surface area (Å²) in [6.07, 6.45) is 3.04. The van der Waals surface area contributed by atoms with Crippen LogP contribution in [-0.2, 0) is 5.41 Å². The van der Waals surface area contributed by atoms with Crippen LogP contribution in [0.15, 0.2) is 122 Å². The lowest BCUT2D eigenvalue weighted by molar-refractivity contribution is 0.0686. The van der Waals surface area contributed by atoms with Gasteiger partial charge in [-0.1, -0.05) is 56.3 Å². The average molecular weight is 605 g/mol. The lowest BCUT2D eigenvalue weighted by Gasteiger charge is -2.42. The van der Waals surface area contributed by atoms with E-state index in [0.717, 1.165) is 28.2 Å². The molecule has 1 aliphatic heterocycles. The van der Waals surface area contributed by atoms with Crippen molar-refractivity contribution in [1.82, 2.24) is 15.0 Å². The van der Waals surface area contributed by atoms with E-state index in [-0.39, 0.29) is 27.9 Å². The normalized spacial score (nSPS) is 13.0. The number of carbonyl (C=O) groups is 2. The van der Waals surface area contributed by atoms with Crippen LogP contribution < -0.4 is 4.90 Å². The molecule has 46 heavy (non-hydrogen) atoms. The van der Waals surface area contributed by atoms with Crippen molar-refractivity contribution >= 4 is 29.0 Å². The SMILES string of the molecule is CC1(C)c2ccccc2N(c2ccccc2)c2ccc(-c3ccnc(-c4cc(C(=O)O)cc(-c5cc(C(=O)O)ccn5)n4)c3)cc21. The van der Waals surface area contributed by atoms with Gasteiger partial charge < -0.3 is 15.1 Å². The Morgan fingerprint density at radius 2 is 1.17 bits per heavy atom. The smallest absolute Gasteiger partial charge is 0.335 e. The predicted molar refractivity (Wildman–Crippen MR) is 177 cm³/mol. The van der Waals surface area contributed by atoms with Gasteiger partial charge >= 0.3 is 11.9 Å². The van der Waals surface area contributed by atoms with Gasteiger partial charge in [-0.2, -0.15) is 0 Å². The molecule has 2 N–H and O–H groups in total. The largest absolute Gasteiger partial charge is 0.478 e. The summed E-state index contributed by atoms with van der Waals surface area (Å²) in [4.78, 5) is 39.4. The first-order valence-corrected chi connectivity index (χ1v) is 14.7. The van der Waals surface area contributed by atoms with Crippen molar-refractivity contribution in [2.75, 3.05) is 4.90 Å². The summed E-state index contributed by atoms with van der Waals surface area (Å²) in [7, 11) is 0. The van der Waals surface area contributed by atoms with E-state index in [4.69, 9.17) is 0 Å². The maximum atomic E-state index is 12.1. The van der Waals surface area contributed by atoms with Crippen LogP contribution in [0.4, 0.5) is 17.1 Å². The van der Waals surface area contributed by atoms with Crippen molar-refractivity contribution in [1.29, 1.82) is 0 Å². The van der Waals surface area contributed by atoms with Crippen molar-refractivity contribution in [3.05, 3.63) is 144 Å². The van der Waals surface area contributed by atoms with Gasteiger partial charge in [0, 0.05) is 23.5 Å². The molecule has 0 saturated carbocycles. The fourth-order valence-electron chi connectivity index (χ4n) is 6.11. The molecule has 3 aromatic heterocycles. The maximum absolute atomic E-state index is 12.1. The molecule has 0 radical (unpaired) electrons. The topological polar surface area (TPSA) is 117 Å². The molecular formula is C38H28N4O4. The molecule has 0 fully saturated rings. The van der Waals surface area contributed by atoms with Gasteiger partial charge in [-0.15, -0.1) is 0 Å². The second-order valence-electron chi connectivity index (χ2n) is 11.6. The second kappa shape index (κ2) is 11.1. The van der Waals surface area contributed by atoms with Crippen molar-refractivity contribution < 1.29 is 19.8 Å². The van der Waals surface area contributed by atoms with Gasteiger partial charge in [-0.25, -0.2) is 14.6 Å². The molecule has 4 heterocycles. The third kappa shape index (κ3) is 4.95. The molecule has 8 heteroatoms. The first-order chi connectivity index (χ1) is 22.2. The van der Waals surface area contributed by atoms with Crippen LogP contribution in [0.25, 0.3) is 33.9 Å². The highest BCUT2D eigenvalue weighted by atomic mass is 16.4. The molecule has 0 spiro atoms. The number of hydrogen-bond donors (Lipinski definition) is 2. The minimum absolute atomic E-state index is 0.00932. The highest BCUT2D eigenvalue weighted by molar-refractivity contribution is 5.92. The number of hydrogen-bond acceptors (Lipinski definition) is 6. The lowest BCUT2D eigenvalue weighted by atomic mass is 9.73. The lowest BCUT2D eigenvalue weighted by Crippen LogP contribution is -2.30. The Hall–Kier alpha value is -6.15. The van der Waals surface area contributed by atoms with E-state index in [1.54, 1.807) is 6.20 Å². The molecule has 0 bridgehead atoms. The number of rotatable bonds is 6. The van der Waals surface area contributed by atoms with Gasteiger partial charge in [0.15, 0.2) is 0 Å². The Morgan fingerprint density at radius 1 is 0.587 bits per heavy atom. The van der Waals surface area contributed by atoms with Crippen molar-refractivity contribution in [3.63, 3.8) is 0 Å². The van der Waals surface area contributed by atoms with Gasteiger partial charge in [0.2, 0.25) is 0 Å². The van der Waals surface area contributed by atoms with Crippen LogP contribution in [0, 0.1) is 0 Å². The van der Waals surface area contributed by atoms with E-state index >= 15 is 0 Å². The third-order valence-electron chi connectivity index (χ3n) is 8.44. The second-order valence-corrected chi connectivity index (χ2v) is 11.6. The molecule has 6 aromatic rings. The summed E-state index contributed by atoms with van der Waals surface area (Å²) < 4.78 is 0. The van der Waals surface area contributed by atoms with Crippen molar-refractivity contribution in [3.8, 4) is 33.9 Å². The molecule has 0 atom stereocenters. The summed E-state index contributed by atoms with van der Waals surface area (Å²) >= 11 is 0. The Bertz CT molecular complexity index is 2160. The van der Waals surface area contributed by atoms with E-state index in [2.05, 4.69) is 88.3 Å².